The number of hydrogen-bond acceptors (Lipinski definition) is 4. The summed E-state index contributed by atoms with van der Waals surface area (Å²) < 4.78 is 4.56. The zero-order valence-corrected chi connectivity index (χ0v) is 14.5. The van der Waals surface area contributed by atoms with E-state index in [2.05, 4.69) is 22.2 Å². The molecule has 0 saturated carbocycles. The molecule has 2 amide bonds. The summed E-state index contributed by atoms with van der Waals surface area (Å²) in [5.41, 5.74) is 2.63. The zero-order valence-electron chi connectivity index (χ0n) is 14.5. The maximum absolute atomic E-state index is 12.4. The lowest BCUT2D eigenvalue weighted by molar-refractivity contribution is -0.140. The Bertz CT molecular complexity index is 648. The molecule has 1 aliphatic carbocycles. The molecule has 0 aromatic heterocycles. The van der Waals surface area contributed by atoms with Crippen molar-refractivity contribution in [2.24, 2.45) is 0 Å². The third kappa shape index (κ3) is 4.18. The lowest BCUT2D eigenvalue weighted by Crippen LogP contribution is -2.41. The maximum Gasteiger partial charge on any atom is 0.305 e. The van der Waals surface area contributed by atoms with Crippen LogP contribution >= 0.6 is 0 Å². The molecule has 134 valence electrons. The normalized spacial score (nSPS) is 19.8. The molecule has 2 aliphatic rings. The van der Waals surface area contributed by atoms with Crippen molar-refractivity contribution in [3.8, 4) is 0 Å². The highest BCUT2D eigenvalue weighted by Crippen LogP contribution is 2.28. The second-order valence-corrected chi connectivity index (χ2v) is 6.78. The van der Waals surface area contributed by atoms with Crippen LogP contribution in [-0.4, -0.2) is 48.4 Å². The molecule has 1 aromatic carbocycles. The average molecular weight is 344 g/mol. The van der Waals surface area contributed by atoms with Crippen LogP contribution in [0.3, 0.4) is 0 Å². The molecule has 1 N–H and O–H groups in total. The van der Waals surface area contributed by atoms with E-state index in [1.807, 2.05) is 17.0 Å². The summed E-state index contributed by atoms with van der Waals surface area (Å²) in [6, 6.07) is 8.37. The number of esters is 1. The number of fused-ring (bicyclic) bond motifs is 1. The lowest BCUT2D eigenvalue weighted by atomic mass is 10.1. The Morgan fingerprint density at radius 3 is 2.48 bits per heavy atom. The smallest absolute Gasteiger partial charge is 0.305 e. The summed E-state index contributed by atoms with van der Waals surface area (Å²) >= 11 is 0. The second-order valence-electron chi connectivity index (χ2n) is 6.78. The zero-order chi connectivity index (χ0) is 17.8. The summed E-state index contributed by atoms with van der Waals surface area (Å²) in [6.07, 6.45) is 3.11. The van der Waals surface area contributed by atoms with E-state index >= 15 is 0 Å². The number of rotatable bonds is 6. The molecule has 1 atom stereocenters. The van der Waals surface area contributed by atoms with Crippen molar-refractivity contribution in [1.29, 1.82) is 0 Å². The van der Waals surface area contributed by atoms with Gasteiger partial charge in [-0.1, -0.05) is 24.3 Å². The van der Waals surface area contributed by atoms with E-state index in [-0.39, 0.29) is 42.7 Å². The van der Waals surface area contributed by atoms with E-state index in [4.69, 9.17) is 0 Å². The van der Waals surface area contributed by atoms with Crippen molar-refractivity contribution in [3.63, 3.8) is 0 Å². The van der Waals surface area contributed by atoms with Crippen LogP contribution in [0, 0.1) is 0 Å². The van der Waals surface area contributed by atoms with Crippen molar-refractivity contribution < 1.29 is 19.1 Å². The van der Waals surface area contributed by atoms with Gasteiger partial charge in [-0.15, -0.1) is 0 Å². The molecule has 0 unspecified atom stereocenters. The van der Waals surface area contributed by atoms with Gasteiger partial charge in [0.15, 0.2) is 0 Å². The molecule has 1 aliphatic heterocycles. The van der Waals surface area contributed by atoms with Gasteiger partial charge in [0.25, 0.3) is 0 Å². The summed E-state index contributed by atoms with van der Waals surface area (Å²) in [5, 5.41) is 2.92. The Morgan fingerprint density at radius 1 is 1.16 bits per heavy atom. The topological polar surface area (TPSA) is 75.7 Å². The molecule has 6 heteroatoms. The van der Waals surface area contributed by atoms with Gasteiger partial charge in [0.2, 0.25) is 11.8 Å². The Kier molecular flexibility index (Phi) is 5.36. The highest BCUT2D eigenvalue weighted by atomic mass is 16.5. The van der Waals surface area contributed by atoms with Crippen LogP contribution in [0.1, 0.15) is 36.8 Å². The van der Waals surface area contributed by atoms with Crippen LogP contribution in [0.5, 0.6) is 0 Å². The summed E-state index contributed by atoms with van der Waals surface area (Å²) in [6.45, 7) is 0.570. The first-order valence-corrected chi connectivity index (χ1v) is 8.79. The predicted octanol–water partition coefficient (Wildman–Crippen LogP) is 1.21. The fourth-order valence-electron chi connectivity index (χ4n) is 3.73. The Hall–Kier alpha value is -2.37. The van der Waals surface area contributed by atoms with Crippen LogP contribution in [0.25, 0.3) is 0 Å². The predicted molar refractivity (Wildman–Crippen MR) is 91.8 cm³/mol. The molecule has 6 nitrogen and oxygen atoms in total. The molecule has 1 fully saturated rings. The highest BCUT2D eigenvalue weighted by Gasteiger charge is 2.37. The third-order valence-electron chi connectivity index (χ3n) is 5.01. The number of benzene rings is 1. The van der Waals surface area contributed by atoms with Gasteiger partial charge in [-0.3, -0.25) is 14.4 Å². The number of nitrogens with zero attached hydrogens (tertiary/aromatic N) is 1. The minimum absolute atomic E-state index is 0.109. The van der Waals surface area contributed by atoms with E-state index in [1.54, 1.807) is 0 Å². The summed E-state index contributed by atoms with van der Waals surface area (Å²) in [7, 11) is 1.34. The number of methoxy groups -OCH3 is 1. The first kappa shape index (κ1) is 17.5. The van der Waals surface area contributed by atoms with Gasteiger partial charge in [0, 0.05) is 31.8 Å². The molecule has 1 heterocycles. The minimum Gasteiger partial charge on any atom is -0.469 e. The van der Waals surface area contributed by atoms with Crippen LogP contribution < -0.4 is 5.32 Å². The van der Waals surface area contributed by atoms with Gasteiger partial charge in [-0.05, 0) is 30.4 Å². The first-order valence-electron chi connectivity index (χ1n) is 8.79. The Balaban J connectivity index is 1.47. The Morgan fingerprint density at radius 2 is 1.84 bits per heavy atom. The third-order valence-corrected chi connectivity index (χ3v) is 5.01. The molecule has 3 rings (SSSR count). The van der Waals surface area contributed by atoms with E-state index < -0.39 is 0 Å². The van der Waals surface area contributed by atoms with Gasteiger partial charge in [0.1, 0.15) is 0 Å². The highest BCUT2D eigenvalue weighted by molar-refractivity contribution is 5.82. The van der Waals surface area contributed by atoms with E-state index in [1.165, 1.54) is 18.2 Å². The van der Waals surface area contributed by atoms with Crippen LogP contribution in [0.15, 0.2) is 24.3 Å². The molecule has 0 spiro atoms. The first-order chi connectivity index (χ1) is 12.1. The van der Waals surface area contributed by atoms with Crippen molar-refractivity contribution in [2.75, 3.05) is 13.7 Å². The second kappa shape index (κ2) is 7.68. The van der Waals surface area contributed by atoms with Crippen LogP contribution in [0.4, 0.5) is 0 Å². The van der Waals surface area contributed by atoms with Crippen molar-refractivity contribution in [1.82, 2.24) is 10.2 Å². The molecule has 0 radical (unpaired) electrons. The van der Waals surface area contributed by atoms with Crippen molar-refractivity contribution in [3.05, 3.63) is 35.4 Å². The fourth-order valence-corrected chi connectivity index (χ4v) is 3.73. The minimum atomic E-state index is -0.309. The number of likely N-dealkylation sites (tertiary alicyclic amines) is 1. The van der Waals surface area contributed by atoms with Gasteiger partial charge in [-0.2, -0.15) is 0 Å². The van der Waals surface area contributed by atoms with E-state index in [0.29, 0.717) is 19.4 Å². The molecule has 25 heavy (non-hydrogen) atoms. The molecule has 1 aromatic rings. The largest absolute Gasteiger partial charge is 0.469 e. The van der Waals surface area contributed by atoms with E-state index in [0.717, 1.165) is 12.8 Å². The fraction of sp³-hybridized carbons (Fsp3) is 0.526. The van der Waals surface area contributed by atoms with Gasteiger partial charge < -0.3 is 15.0 Å². The number of carbonyl (C=O) groups excluding carboxylic acids is 3. The van der Waals surface area contributed by atoms with Crippen molar-refractivity contribution >= 4 is 17.8 Å². The monoisotopic (exact) mass is 344 g/mol. The molecule has 0 bridgehead atoms. The standard InChI is InChI=1S/C19H24N2O4/c1-25-19(24)8-4-7-17(22)20-15-11-18(23)21(12-15)16-9-13-5-2-3-6-14(13)10-16/h2-3,5-6,15-16H,4,7-12H2,1H3,(H,20,22)/t15-/m0/s1. The SMILES string of the molecule is COC(=O)CCCC(=O)N[C@H]1CC(=O)N(C2Cc3ccccc3C2)C1. The quantitative estimate of drug-likeness (QED) is 0.787. The van der Waals surface area contributed by atoms with Crippen LogP contribution in [0.2, 0.25) is 0 Å². The van der Waals surface area contributed by atoms with E-state index in [9.17, 15) is 14.4 Å². The maximum atomic E-state index is 12.4. The number of amides is 2. The Labute approximate surface area is 147 Å². The summed E-state index contributed by atoms with van der Waals surface area (Å²) in [5.74, 6) is -0.313. The average Bonchev–Trinajstić information content (AvgIpc) is 3.17. The van der Waals surface area contributed by atoms with Gasteiger partial charge in [0.05, 0.1) is 13.2 Å². The molecular weight excluding hydrogens is 320 g/mol. The lowest BCUT2D eigenvalue weighted by Gasteiger charge is -2.24. The number of carbonyl (C=O) groups is 3. The molecular formula is C19H24N2O4. The summed E-state index contributed by atoms with van der Waals surface area (Å²) in [4.78, 5) is 37.3. The number of ether oxygens (including phenoxy) is 1. The van der Waals surface area contributed by atoms with Crippen molar-refractivity contribution in [2.45, 2.75) is 50.6 Å². The number of hydrogen-bond donors (Lipinski definition) is 1. The van der Waals surface area contributed by atoms with Gasteiger partial charge in [-0.25, -0.2) is 0 Å². The van der Waals surface area contributed by atoms with Gasteiger partial charge >= 0.3 is 5.97 Å². The molecule has 1 saturated heterocycles. The van der Waals surface area contributed by atoms with Crippen LogP contribution in [-0.2, 0) is 32.0 Å². The number of nitrogens with one attached hydrogen (secondary N) is 1.